The van der Waals surface area contributed by atoms with E-state index in [1.165, 1.54) is 5.56 Å². The lowest BCUT2D eigenvalue weighted by Crippen LogP contribution is -2.50. The first-order valence-corrected chi connectivity index (χ1v) is 8.39. The highest BCUT2D eigenvalue weighted by Gasteiger charge is 2.25. The summed E-state index contributed by atoms with van der Waals surface area (Å²) < 4.78 is 1.68. The van der Waals surface area contributed by atoms with Crippen LogP contribution in [-0.2, 0) is 7.05 Å². The van der Waals surface area contributed by atoms with Crippen LogP contribution in [0, 0.1) is 0 Å². The maximum atomic E-state index is 12.2. The number of hydrogen-bond donors (Lipinski definition) is 1. The highest BCUT2D eigenvalue weighted by molar-refractivity contribution is 7.07. The Morgan fingerprint density at radius 2 is 2.09 bits per heavy atom. The molecule has 118 valence electrons. The lowest BCUT2D eigenvalue weighted by molar-refractivity contribution is 0.119. The Morgan fingerprint density at radius 1 is 1.32 bits per heavy atom. The molecule has 3 heterocycles. The molecule has 0 unspecified atom stereocenters. The van der Waals surface area contributed by atoms with E-state index in [1.54, 1.807) is 22.1 Å². The third-order valence-electron chi connectivity index (χ3n) is 4.12. The van der Waals surface area contributed by atoms with Crippen molar-refractivity contribution in [2.75, 3.05) is 31.5 Å². The zero-order valence-corrected chi connectivity index (χ0v) is 13.7. The molecule has 2 amide bonds. The Kier molecular flexibility index (Phi) is 4.44. The normalized spacial score (nSPS) is 17.5. The van der Waals surface area contributed by atoms with Gasteiger partial charge in [0, 0.05) is 51.5 Å². The molecule has 2 aromatic rings. The summed E-state index contributed by atoms with van der Waals surface area (Å²) in [5.74, 6) is 0.599. The van der Waals surface area contributed by atoms with Gasteiger partial charge in [-0.15, -0.1) is 0 Å². The summed E-state index contributed by atoms with van der Waals surface area (Å²) in [5, 5.41) is 11.3. The fourth-order valence-electron chi connectivity index (χ4n) is 2.71. The SMILES string of the molecule is C[C@@H](c1ccsc1)N1CCN(C(=O)Nc2ccn(C)n2)CC1. The molecule has 0 saturated carbocycles. The van der Waals surface area contributed by atoms with Crippen LogP contribution in [0.2, 0.25) is 0 Å². The van der Waals surface area contributed by atoms with Crippen LogP contribution in [0.1, 0.15) is 18.5 Å². The molecule has 6 nitrogen and oxygen atoms in total. The van der Waals surface area contributed by atoms with Gasteiger partial charge in [-0.1, -0.05) is 0 Å². The fraction of sp³-hybridized carbons (Fsp3) is 0.467. The largest absolute Gasteiger partial charge is 0.323 e. The fourth-order valence-corrected chi connectivity index (χ4v) is 3.45. The van der Waals surface area contributed by atoms with Crippen molar-refractivity contribution in [2.24, 2.45) is 7.05 Å². The number of thiophene rings is 1. The average Bonchev–Trinajstić information content (AvgIpc) is 3.18. The molecule has 2 aromatic heterocycles. The number of aryl methyl sites for hydroxylation is 1. The molecule has 0 aromatic carbocycles. The molecule has 1 saturated heterocycles. The Morgan fingerprint density at radius 3 is 2.68 bits per heavy atom. The van der Waals surface area contributed by atoms with Gasteiger partial charge in [0.05, 0.1) is 0 Å². The summed E-state index contributed by atoms with van der Waals surface area (Å²) in [6, 6.07) is 4.32. The van der Waals surface area contributed by atoms with E-state index in [9.17, 15) is 4.79 Å². The third-order valence-corrected chi connectivity index (χ3v) is 4.82. The number of nitrogens with zero attached hydrogens (tertiary/aromatic N) is 4. The maximum Gasteiger partial charge on any atom is 0.323 e. The minimum Gasteiger partial charge on any atom is -0.322 e. The molecule has 0 radical (unpaired) electrons. The van der Waals surface area contributed by atoms with Crippen molar-refractivity contribution >= 4 is 23.2 Å². The maximum absolute atomic E-state index is 12.2. The number of amides is 2. The summed E-state index contributed by atoms with van der Waals surface area (Å²) >= 11 is 1.73. The second kappa shape index (κ2) is 6.50. The number of piperazine rings is 1. The first-order valence-electron chi connectivity index (χ1n) is 7.45. The van der Waals surface area contributed by atoms with E-state index in [2.05, 4.69) is 39.1 Å². The summed E-state index contributed by atoms with van der Waals surface area (Å²) in [6.45, 7) is 5.51. The van der Waals surface area contributed by atoms with Crippen LogP contribution in [-0.4, -0.2) is 51.8 Å². The van der Waals surface area contributed by atoms with E-state index in [0.717, 1.165) is 26.2 Å². The number of aromatic nitrogens is 2. The highest BCUT2D eigenvalue weighted by atomic mass is 32.1. The van der Waals surface area contributed by atoms with Gasteiger partial charge in [0.15, 0.2) is 5.82 Å². The minimum absolute atomic E-state index is 0.0680. The summed E-state index contributed by atoms with van der Waals surface area (Å²) in [4.78, 5) is 16.5. The van der Waals surface area contributed by atoms with E-state index in [-0.39, 0.29) is 6.03 Å². The second-order valence-electron chi connectivity index (χ2n) is 5.56. The molecule has 0 bridgehead atoms. The van der Waals surface area contributed by atoms with Crippen LogP contribution in [0.25, 0.3) is 0 Å². The van der Waals surface area contributed by atoms with Crippen LogP contribution >= 0.6 is 11.3 Å². The van der Waals surface area contributed by atoms with Crippen molar-refractivity contribution < 1.29 is 4.79 Å². The molecule has 1 atom stereocenters. The van der Waals surface area contributed by atoms with E-state index in [0.29, 0.717) is 11.9 Å². The van der Waals surface area contributed by atoms with Crippen molar-refractivity contribution in [3.05, 3.63) is 34.7 Å². The van der Waals surface area contributed by atoms with Crippen LogP contribution in [0.5, 0.6) is 0 Å². The smallest absolute Gasteiger partial charge is 0.322 e. The molecule has 0 aliphatic carbocycles. The molecule has 22 heavy (non-hydrogen) atoms. The quantitative estimate of drug-likeness (QED) is 0.945. The van der Waals surface area contributed by atoms with Gasteiger partial charge in [-0.3, -0.25) is 14.9 Å². The topological polar surface area (TPSA) is 53.4 Å². The van der Waals surface area contributed by atoms with Crippen molar-refractivity contribution in [1.29, 1.82) is 0 Å². The zero-order chi connectivity index (χ0) is 15.5. The Labute approximate surface area is 134 Å². The standard InChI is InChI=1S/C15H21N5OS/c1-12(13-4-10-22-11-13)19-6-8-20(9-7-19)15(21)16-14-3-5-18(2)17-14/h3-5,10-12H,6-9H2,1-2H3,(H,16,17,21)/t12-/m0/s1. The van der Waals surface area contributed by atoms with Crippen LogP contribution in [0.4, 0.5) is 10.6 Å². The number of rotatable bonds is 3. The molecule has 1 fully saturated rings. The molecule has 7 heteroatoms. The monoisotopic (exact) mass is 319 g/mol. The first kappa shape index (κ1) is 15.1. The number of hydrogen-bond acceptors (Lipinski definition) is 4. The molecule has 1 aliphatic rings. The molecule has 1 aliphatic heterocycles. The first-order chi connectivity index (χ1) is 10.6. The van der Waals surface area contributed by atoms with Gasteiger partial charge in [0.1, 0.15) is 0 Å². The van der Waals surface area contributed by atoms with Gasteiger partial charge in [-0.05, 0) is 29.3 Å². The zero-order valence-electron chi connectivity index (χ0n) is 12.9. The Balaban J connectivity index is 1.52. The van der Waals surface area contributed by atoms with Gasteiger partial charge in [0.2, 0.25) is 0 Å². The number of nitrogens with one attached hydrogen (secondary N) is 1. The van der Waals surface area contributed by atoms with Crippen molar-refractivity contribution in [1.82, 2.24) is 19.6 Å². The van der Waals surface area contributed by atoms with Gasteiger partial charge in [0.25, 0.3) is 0 Å². The number of urea groups is 1. The highest BCUT2D eigenvalue weighted by Crippen LogP contribution is 2.23. The predicted octanol–water partition coefficient (Wildman–Crippen LogP) is 2.39. The summed E-state index contributed by atoms with van der Waals surface area (Å²) in [5.41, 5.74) is 1.36. The van der Waals surface area contributed by atoms with Crippen LogP contribution in [0.3, 0.4) is 0 Å². The van der Waals surface area contributed by atoms with Gasteiger partial charge in [-0.25, -0.2) is 4.79 Å². The van der Waals surface area contributed by atoms with Crippen LogP contribution < -0.4 is 5.32 Å². The average molecular weight is 319 g/mol. The molecule has 0 spiro atoms. The van der Waals surface area contributed by atoms with Crippen molar-refractivity contribution in [2.45, 2.75) is 13.0 Å². The Bertz CT molecular complexity index is 616. The van der Waals surface area contributed by atoms with Gasteiger partial charge >= 0.3 is 6.03 Å². The number of carbonyl (C=O) groups is 1. The van der Waals surface area contributed by atoms with Gasteiger partial charge in [-0.2, -0.15) is 16.4 Å². The molecular weight excluding hydrogens is 298 g/mol. The Hall–Kier alpha value is -1.86. The minimum atomic E-state index is -0.0680. The summed E-state index contributed by atoms with van der Waals surface area (Å²) in [7, 11) is 1.83. The van der Waals surface area contributed by atoms with E-state index in [4.69, 9.17) is 0 Å². The second-order valence-corrected chi connectivity index (χ2v) is 6.34. The van der Waals surface area contributed by atoms with Crippen molar-refractivity contribution in [3.63, 3.8) is 0 Å². The lowest BCUT2D eigenvalue weighted by Gasteiger charge is -2.37. The third kappa shape index (κ3) is 3.31. The molecule has 3 rings (SSSR count). The van der Waals surface area contributed by atoms with Crippen LogP contribution in [0.15, 0.2) is 29.1 Å². The number of anilines is 1. The lowest BCUT2D eigenvalue weighted by atomic mass is 10.1. The predicted molar refractivity (Wildman–Crippen MR) is 88.1 cm³/mol. The van der Waals surface area contributed by atoms with Gasteiger partial charge < -0.3 is 4.90 Å². The van der Waals surface area contributed by atoms with E-state index in [1.807, 2.05) is 18.1 Å². The summed E-state index contributed by atoms with van der Waals surface area (Å²) in [6.07, 6.45) is 1.82. The number of carbonyl (C=O) groups excluding carboxylic acids is 1. The molecule has 1 N–H and O–H groups in total. The van der Waals surface area contributed by atoms with Crippen molar-refractivity contribution in [3.8, 4) is 0 Å². The molecular formula is C15H21N5OS. The van der Waals surface area contributed by atoms with E-state index >= 15 is 0 Å². The van der Waals surface area contributed by atoms with E-state index < -0.39 is 0 Å².